The van der Waals surface area contributed by atoms with Crippen molar-refractivity contribution in [3.63, 3.8) is 0 Å². The molecule has 1 aromatic carbocycles. The molecule has 2 rings (SSSR count). The summed E-state index contributed by atoms with van der Waals surface area (Å²) < 4.78 is 5.57. The number of amides is 1. The lowest BCUT2D eigenvalue weighted by Gasteiger charge is -2.20. The lowest BCUT2D eigenvalue weighted by atomic mass is 10.1. The quantitative estimate of drug-likeness (QED) is 0.854. The number of rotatable bonds is 6. The van der Waals surface area contributed by atoms with E-state index < -0.39 is 0 Å². The zero-order chi connectivity index (χ0) is 13.8. The number of carbonyl (C=O) groups is 1. The van der Waals surface area contributed by atoms with Crippen LogP contribution in [0.25, 0.3) is 0 Å². The van der Waals surface area contributed by atoms with Crippen LogP contribution in [0.15, 0.2) is 24.3 Å². The first kappa shape index (κ1) is 13.9. The summed E-state index contributed by atoms with van der Waals surface area (Å²) in [4.78, 5) is 13.9. The van der Waals surface area contributed by atoms with Crippen LogP contribution in [0.2, 0.25) is 0 Å². The van der Waals surface area contributed by atoms with Gasteiger partial charge in [-0.15, -0.1) is 0 Å². The molecule has 0 radical (unpaired) electrons. The maximum absolute atomic E-state index is 12.0. The molecule has 4 nitrogen and oxygen atoms in total. The van der Waals surface area contributed by atoms with Gasteiger partial charge in [-0.1, -0.05) is 12.1 Å². The Morgan fingerprint density at radius 1 is 1.53 bits per heavy atom. The second kappa shape index (κ2) is 6.06. The van der Waals surface area contributed by atoms with Crippen molar-refractivity contribution in [1.82, 2.24) is 4.90 Å². The number of nitrogens with two attached hydrogens (primary N) is 1. The molecular weight excluding hydrogens is 240 g/mol. The third kappa shape index (κ3) is 3.70. The molecule has 1 amide bonds. The number of nitrogens with zero attached hydrogens (tertiary/aromatic N) is 1. The number of ether oxygens (including phenoxy) is 1. The topological polar surface area (TPSA) is 55.6 Å². The van der Waals surface area contributed by atoms with Crippen LogP contribution in [0.4, 0.5) is 0 Å². The fourth-order valence-corrected chi connectivity index (χ4v) is 2.14. The molecule has 1 fully saturated rings. The van der Waals surface area contributed by atoms with Gasteiger partial charge in [0.1, 0.15) is 5.75 Å². The molecule has 1 aliphatic rings. The van der Waals surface area contributed by atoms with E-state index in [0.29, 0.717) is 11.8 Å². The van der Waals surface area contributed by atoms with E-state index in [1.54, 1.807) is 0 Å². The molecule has 1 aliphatic carbocycles. The molecule has 0 bridgehead atoms. The Morgan fingerprint density at radius 3 is 2.84 bits per heavy atom. The summed E-state index contributed by atoms with van der Waals surface area (Å²) in [5.74, 6) is 0.770. The minimum absolute atomic E-state index is 0.0298. The fraction of sp³-hybridized carbons (Fsp3) is 0.533. The number of hydrogen-bond donors (Lipinski definition) is 1. The zero-order valence-electron chi connectivity index (χ0n) is 11.6. The molecule has 0 aromatic heterocycles. The highest BCUT2D eigenvalue weighted by molar-refractivity contribution is 5.78. The number of likely N-dealkylation sites (N-methyl/N-ethyl adjacent to an activating group) is 1. The van der Waals surface area contributed by atoms with E-state index in [9.17, 15) is 4.79 Å². The van der Waals surface area contributed by atoms with Crippen molar-refractivity contribution in [1.29, 1.82) is 0 Å². The zero-order valence-corrected chi connectivity index (χ0v) is 11.6. The molecule has 2 N–H and O–H groups in total. The fourth-order valence-electron chi connectivity index (χ4n) is 2.14. The Bertz CT molecular complexity index is 442. The number of hydrogen-bond acceptors (Lipinski definition) is 3. The molecule has 1 atom stereocenters. The van der Waals surface area contributed by atoms with Crippen LogP contribution in [-0.2, 0) is 4.79 Å². The molecule has 0 saturated heterocycles. The first-order valence-electron chi connectivity index (χ1n) is 6.89. The summed E-state index contributed by atoms with van der Waals surface area (Å²) in [6, 6.07) is 8.02. The molecule has 104 valence electrons. The van der Waals surface area contributed by atoms with Gasteiger partial charge >= 0.3 is 0 Å². The predicted molar refractivity (Wildman–Crippen MR) is 74.9 cm³/mol. The van der Waals surface area contributed by atoms with Gasteiger partial charge in [-0.3, -0.25) is 4.79 Å². The summed E-state index contributed by atoms with van der Waals surface area (Å²) in [5, 5.41) is 0. The minimum Gasteiger partial charge on any atom is -0.484 e. The van der Waals surface area contributed by atoms with Crippen molar-refractivity contribution < 1.29 is 9.53 Å². The highest BCUT2D eigenvalue weighted by Crippen LogP contribution is 2.26. The maximum Gasteiger partial charge on any atom is 0.260 e. The summed E-state index contributed by atoms with van der Waals surface area (Å²) in [6.07, 6.45) is 2.25. The Balaban J connectivity index is 1.90. The SMILES string of the molecule is CCN(C(=O)COc1cccc([C@@H](C)N)c1)C1CC1. The third-order valence-electron chi connectivity index (χ3n) is 3.39. The van der Waals surface area contributed by atoms with Crippen molar-refractivity contribution in [3.05, 3.63) is 29.8 Å². The largest absolute Gasteiger partial charge is 0.484 e. The summed E-state index contributed by atoms with van der Waals surface area (Å²) in [5.41, 5.74) is 6.84. The standard InChI is InChI=1S/C15H22N2O2/c1-3-17(13-7-8-13)15(18)10-19-14-6-4-5-12(9-14)11(2)16/h4-6,9,11,13H,3,7-8,10,16H2,1-2H3/t11-/m1/s1. The maximum atomic E-state index is 12.0. The van der Waals surface area contributed by atoms with E-state index >= 15 is 0 Å². The average molecular weight is 262 g/mol. The van der Waals surface area contributed by atoms with Gasteiger partial charge in [-0.05, 0) is 44.4 Å². The average Bonchev–Trinajstić information content (AvgIpc) is 3.22. The van der Waals surface area contributed by atoms with Crippen LogP contribution in [0, 0.1) is 0 Å². The summed E-state index contributed by atoms with van der Waals surface area (Å²) in [7, 11) is 0. The monoisotopic (exact) mass is 262 g/mol. The van der Waals surface area contributed by atoms with E-state index in [2.05, 4.69) is 0 Å². The molecule has 0 unspecified atom stereocenters. The number of benzene rings is 1. The molecule has 0 heterocycles. The van der Waals surface area contributed by atoms with E-state index in [0.717, 1.165) is 24.9 Å². The number of carbonyl (C=O) groups excluding carboxylic acids is 1. The van der Waals surface area contributed by atoms with Gasteiger partial charge in [0.25, 0.3) is 5.91 Å². The molecular formula is C15H22N2O2. The lowest BCUT2D eigenvalue weighted by molar-refractivity contribution is -0.133. The normalized spacial score (nSPS) is 15.9. The highest BCUT2D eigenvalue weighted by Gasteiger charge is 2.31. The van der Waals surface area contributed by atoms with Crippen molar-refractivity contribution >= 4 is 5.91 Å². The van der Waals surface area contributed by atoms with Gasteiger partial charge < -0.3 is 15.4 Å². The lowest BCUT2D eigenvalue weighted by Crippen LogP contribution is -2.36. The Labute approximate surface area is 114 Å². The van der Waals surface area contributed by atoms with Crippen LogP contribution in [0.3, 0.4) is 0 Å². The first-order valence-corrected chi connectivity index (χ1v) is 6.89. The van der Waals surface area contributed by atoms with Gasteiger partial charge in [0.2, 0.25) is 0 Å². The van der Waals surface area contributed by atoms with E-state index in [1.807, 2.05) is 43.0 Å². The van der Waals surface area contributed by atoms with Crippen molar-refractivity contribution in [2.75, 3.05) is 13.2 Å². The van der Waals surface area contributed by atoms with Gasteiger partial charge in [0, 0.05) is 18.6 Å². The Morgan fingerprint density at radius 2 is 2.26 bits per heavy atom. The Kier molecular flexibility index (Phi) is 4.43. The van der Waals surface area contributed by atoms with Gasteiger partial charge in [-0.2, -0.15) is 0 Å². The predicted octanol–water partition coefficient (Wildman–Crippen LogP) is 2.10. The van der Waals surface area contributed by atoms with Crippen LogP contribution >= 0.6 is 0 Å². The van der Waals surface area contributed by atoms with E-state index in [-0.39, 0.29) is 18.6 Å². The van der Waals surface area contributed by atoms with Crippen molar-refractivity contribution in [3.8, 4) is 5.75 Å². The van der Waals surface area contributed by atoms with Gasteiger partial charge in [-0.25, -0.2) is 0 Å². The van der Waals surface area contributed by atoms with Crippen LogP contribution < -0.4 is 10.5 Å². The van der Waals surface area contributed by atoms with E-state index in [4.69, 9.17) is 10.5 Å². The van der Waals surface area contributed by atoms with E-state index in [1.165, 1.54) is 0 Å². The third-order valence-corrected chi connectivity index (χ3v) is 3.39. The molecule has 0 spiro atoms. The molecule has 1 saturated carbocycles. The van der Waals surface area contributed by atoms with Crippen LogP contribution in [0.1, 0.15) is 38.3 Å². The summed E-state index contributed by atoms with van der Waals surface area (Å²) in [6.45, 7) is 4.79. The minimum atomic E-state index is -0.0298. The van der Waals surface area contributed by atoms with Crippen LogP contribution in [0.5, 0.6) is 5.75 Å². The van der Waals surface area contributed by atoms with Gasteiger partial charge in [0.15, 0.2) is 6.61 Å². The molecule has 19 heavy (non-hydrogen) atoms. The first-order chi connectivity index (χ1) is 9.11. The second-order valence-electron chi connectivity index (χ2n) is 5.06. The van der Waals surface area contributed by atoms with Crippen LogP contribution in [-0.4, -0.2) is 30.0 Å². The second-order valence-corrected chi connectivity index (χ2v) is 5.06. The summed E-state index contributed by atoms with van der Waals surface area (Å²) >= 11 is 0. The van der Waals surface area contributed by atoms with Crippen molar-refractivity contribution in [2.24, 2.45) is 5.73 Å². The van der Waals surface area contributed by atoms with Crippen molar-refractivity contribution in [2.45, 2.75) is 38.8 Å². The highest BCUT2D eigenvalue weighted by atomic mass is 16.5. The smallest absolute Gasteiger partial charge is 0.260 e. The Hall–Kier alpha value is -1.55. The van der Waals surface area contributed by atoms with Gasteiger partial charge in [0.05, 0.1) is 0 Å². The molecule has 0 aliphatic heterocycles. The molecule has 1 aromatic rings. The molecule has 4 heteroatoms.